The second kappa shape index (κ2) is 5.88. The molecule has 1 aliphatic carbocycles. The molecular weight excluding hydrogens is 508 g/mol. The first-order valence-corrected chi connectivity index (χ1v) is 8.81. The van der Waals surface area contributed by atoms with E-state index in [1.54, 1.807) is 0 Å². The number of hydrogen-bond acceptors (Lipinski definition) is 1. The van der Waals surface area contributed by atoms with Gasteiger partial charge in [0.1, 0.15) is 0 Å². The van der Waals surface area contributed by atoms with Crippen LogP contribution in [0.4, 0.5) is 0 Å². The van der Waals surface area contributed by atoms with E-state index < -0.39 is 0 Å². The summed E-state index contributed by atoms with van der Waals surface area (Å²) in [6.07, 6.45) is 4.36. The number of aromatic nitrogens is 2. The maximum absolute atomic E-state index is 4.99. The number of pyridine rings is 1. The predicted octanol–water partition coefficient (Wildman–Crippen LogP) is 5.83. The molecule has 0 saturated carbocycles. The normalized spacial score (nSPS) is 12.2. The minimum Gasteiger partial charge on any atom is -0.361 e. The maximum Gasteiger partial charge on any atom is 0.0607 e. The summed E-state index contributed by atoms with van der Waals surface area (Å²) in [5, 5.41) is 3.73. The first-order valence-electron chi connectivity index (χ1n) is 8.81. The molecule has 0 atom stereocenters. The van der Waals surface area contributed by atoms with Gasteiger partial charge in [-0.3, -0.25) is 4.98 Å². The second-order valence-electron chi connectivity index (χ2n) is 6.86. The summed E-state index contributed by atoms with van der Waals surface area (Å²) in [5.74, 6) is 0. The molecule has 1 aliphatic rings. The second-order valence-corrected chi connectivity index (χ2v) is 6.86. The van der Waals surface area contributed by atoms with Crippen molar-refractivity contribution in [1.29, 1.82) is 0 Å². The molecule has 0 spiro atoms. The molecule has 3 heteroatoms. The van der Waals surface area contributed by atoms with Crippen molar-refractivity contribution in [3.63, 3.8) is 0 Å². The minimum atomic E-state index is 0. The van der Waals surface area contributed by atoms with Crippen molar-refractivity contribution in [3.05, 3.63) is 77.9 Å². The van der Waals surface area contributed by atoms with Crippen LogP contribution in [0.5, 0.6) is 0 Å². The quantitative estimate of drug-likeness (QED) is 0.248. The van der Waals surface area contributed by atoms with Crippen molar-refractivity contribution in [3.8, 4) is 11.3 Å². The number of para-hydroxylation sites is 1. The zero-order chi connectivity index (χ0) is 17.3. The molecule has 131 valence electrons. The van der Waals surface area contributed by atoms with Gasteiger partial charge in [-0.2, -0.15) is 0 Å². The van der Waals surface area contributed by atoms with Gasteiger partial charge in [0.2, 0.25) is 0 Å². The van der Waals surface area contributed by atoms with E-state index in [4.69, 9.17) is 4.98 Å². The Bertz CT molecular complexity index is 1390. The van der Waals surface area contributed by atoms with Gasteiger partial charge < -0.3 is 4.57 Å². The number of hydrogen-bond donors (Lipinski definition) is 0. The predicted molar refractivity (Wildman–Crippen MR) is 109 cm³/mol. The van der Waals surface area contributed by atoms with Crippen LogP contribution in [-0.4, -0.2) is 9.55 Å². The summed E-state index contributed by atoms with van der Waals surface area (Å²) in [6, 6.07) is 24.7. The number of rotatable bonds is 1. The Morgan fingerprint density at radius 3 is 2.63 bits per heavy atom. The Morgan fingerprint density at radius 2 is 1.70 bits per heavy atom. The van der Waals surface area contributed by atoms with Gasteiger partial charge in [-0.1, -0.05) is 53.9 Å². The monoisotopic (exact) mass is 524 g/mol. The zero-order valence-electron chi connectivity index (χ0n) is 14.7. The van der Waals surface area contributed by atoms with E-state index in [0.29, 0.717) is 0 Å². The van der Waals surface area contributed by atoms with E-state index in [1.165, 1.54) is 38.3 Å². The van der Waals surface area contributed by atoms with Crippen LogP contribution in [0.15, 0.2) is 60.7 Å². The molecule has 2 aromatic heterocycles. The van der Waals surface area contributed by atoms with Gasteiger partial charge in [0.05, 0.1) is 5.52 Å². The van der Waals surface area contributed by atoms with Gasteiger partial charge in [0.25, 0.3) is 0 Å². The summed E-state index contributed by atoms with van der Waals surface area (Å²) in [4.78, 5) is 4.99. The molecular formula is C24H15IrN2-. The smallest absolute Gasteiger partial charge is 0.0607 e. The summed E-state index contributed by atoms with van der Waals surface area (Å²) in [5.41, 5.74) is 8.04. The molecule has 0 fully saturated rings. The number of fused-ring (bicyclic) bond motifs is 3. The van der Waals surface area contributed by atoms with Gasteiger partial charge in [-0.25, -0.2) is 0 Å². The first-order chi connectivity index (χ1) is 12.8. The Morgan fingerprint density at radius 1 is 0.852 bits per heavy atom. The van der Waals surface area contributed by atoms with Gasteiger partial charge in [0, 0.05) is 38.1 Å². The van der Waals surface area contributed by atoms with E-state index in [0.717, 1.165) is 16.8 Å². The van der Waals surface area contributed by atoms with E-state index in [-0.39, 0.29) is 20.1 Å². The van der Waals surface area contributed by atoms with Crippen LogP contribution in [0.25, 0.3) is 56.1 Å². The van der Waals surface area contributed by atoms with Gasteiger partial charge in [0.15, 0.2) is 0 Å². The zero-order valence-corrected chi connectivity index (χ0v) is 17.1. The molecule has 6 rings (SSSR count). The fourth-order valence-electron chi connectivity index (χ4n) is 4.27. The first kappa shape index (κ1) is 16.4. The van der Waals surface area contributed by atoms with Crippen molar-refractivity contribution < 1.29 is 20.1 Å². The molecule has 1 radical (unpaired) electrons. The molecule has 0 amide bonds. The van der Waals surface area contributed by atoms with E-state index in [2.05, 4.69) is 84.4 Å². The summed E-state index contributed by atoms with van der Waals surface area (Å²) < 4.78 is 2.25. The minimum absolute atomic E-state index is 0. The average molecular weight is 524 g/mol. The molecule has 0 N–H and O–H groups in total. The number of benzene rings is 3. The maximum atomic E-state index is 4.99. The number of aryl methyl sites for hydroxylation is 1. The summed E-state index contributed by atoms with van der Waals surface area (Å²) in [6.45, 7) is 0. The Hall–Kier alpha value is -2.74. The molecule has 0 saturated heterocycles. The standard InChI is InChI=1S/C24H15N2.Ir/c1-26-21-10-3-2-7-18(21)24-17(8-5-11-22(24)26)20-14-16-13-12-15-6-4-9-19(25-20)23(15)16;/h2-7,9-14H,1H3;/q-1;. The van der Waals surface area contributed by atoms with Crippen LogP contribution in [0.3, 0.4) is 0 Å². The molecule has 3 aromatic carbocycles. The van der Waals surface area contributed by atoms with Gasteiger partial charge >= 0.3 is 0 Å². The van der Waals surface area contributed by atoms with E-state index >= 15 is 0 Å². The molecule has 2 nitrogen and oxygen atoms in total. The van der Waals surface area contributed by atoms with Gasteiger partial charge in [-0.15, -0.1) is 23.8 Å². The molecule has 27 heavy (non-hydrogen) atoms. The van der Waals surface area contributed by atoms with Crippen LogP contribution in [0, 0.1) is 6.07 Å². The van der Waals surface area contributed by atoms with Crippen LogP contribution in [-0.2, 0) is 27.2 Å². The molecule has 0 bridgehead atoms. The third-order valence-electron chi connectivity index (χ3n) is 5.47. The Kier molecular flexibility index (Phi) is 3.58. The summed E-state index contributed by atoms with van der Waals surface area (Å²) >= 11 is 0. The van der Waals surface area contributed by atoms with E-state index in [1.807, 2.05) is 6.07 Å². The topological polar surface area (TPSA) is 17.8 Å². The van der Waals surface area contributed by atoms with Crippen molar-refractivity contribution in [2.24, 2.45) is 7.05 Å². The molecule has 0 unspecified atom stereocenters. The third kappa shape index (κ3) is 2.19. The fraction of sp³-hybridized carbons (Fsp3) is 0.0417. The van der Waals surface area contributed by atoms with Crippen LogP contribution in [0.1, 0.15) is 11.1 Å². The fourth-order valence-corrected chi connectivity index (χ4v) is 4.27. The van der Waals surface area contributed by atoms with Crippen LogP contribution < -0.4 is 0 Å². The average Bonchev–Trinajstić information content (AvgIpc) is 3.23. The third-order valence-corrected chi connectivity index (χ3v) is 5.47. The molecule has 0 aliphatic heterocycles. The number of nitrogens with zero attached hydrogens (tertiary/aromatic N) is 2. The van der Waals surface area contributed by atoms with Gasteiger partial charge in [-0.05, 0) is 39.9 Å². The molecule has 2 heterocycles. The van der Waals surface area contributed by atoms with Crippen molar-refractivity contribution in [1.82, 2.24) is 9.55 Å². The Balaban J connectivity index is 0.00000160. The van der Waals surface area contributed by atoms with Crippen LogP contribution >= 0.6 is 0 Å². The van der Waals surface area contributed by atoms with E-state index in [9.17, 15) is 0 Å². The van der Waals surface area contributed by atoms with Crippen molar-refractivity contribution in [2.45, 2.75) is 0 Å². The molecule has 5 aromatic rings. The van der Waals surface area contributed by atoms with Crippen LogP contribution in [0.2, 0.25) is 0 Å². The summed E-state index contributed by atoms with van der Waals surface area (Å²) in [7, 11) is 2.12. The van der Waals surface area contributed by atoms with Crippen molar-refractivity contribution >= 4 is 44.9 Å². The van der Waals surface area contributed by atoms with Crippen molar-refractivity contribution in [2.75, 3.05) is 0 Å². The largest absolute Gasteiger partial charge is 0.361 e. The SMILES string of the molecule is Cn1c2ccccc2c2c(-c3cc4c5c(cccc5n3)C=C4)[c-]ccc21.[Ir]. The Labute approximate surface area is 170 Å².